The summed E-state index contributed by atoms with van der Waals surface area (Å²) in [4.78, 5) is 2.53. The second-order valence-electron chi connectivity index (χ2n) is 6.62. The smallest absolute Gasteiger partial charge is 0.000996 e. The first kappa shape index (κ1) is 10.5. The SMILES string of the molecule is CN1CC2CCC(C(C)(C)C)CC2C1. The molecule has 1 aliphatic carbocycles. The molecule has 2 fully saturated rings. The van der Waals surface area contributed by atoms with Crippen LogP contribution in [-0.2, 0) is 0 Å². The largest absolute Gasteiger partial charge is 0.306 e. The molecule has 0 radical (unpaired) electrons. The average Bonchev–Trinajstić information content (AvgIpc) is 2.41. The van der Waals surface area contributed by atoms with Gasteiger partial charge in [0.15, 0.2) is 0 Å². The molecular weight excluding hydrogens is 170 g/mol. The minimum atomic E-state index is 0.534. The van der Waals surface area contributed by atoms with Gasteiger partial charge in [-0.1, -0.05) is 20.8 Å². The molecule has 0 aromatic rings. The molecule has 0 aromatic carbocycles. The van der Waals surface area contributed by atoms with Crippen molar-refractivity contribution in [2.24, 2.45) is 23.2 Å². The Morgan fingerprint density at radius 3 is 2.29 bits per heavy atom. The van der Waals surface area contributed by atoms with Gasteiger partial charge in [-0.15, -0.1) is 0 Å². The maximum Gasteiger partial charge on any atom is 0.000996 e. The highest BCUT2D eigenvalue weighted by molar-refractivity contribution is 4.91. The molecule has 3 unspecified atom stereocenters. The third-order valence-corrected chi connectivity index (χ3v) is 4.46. The van der Waals surface area contributed by atoms with Crippen molar-refractivity contribution in [1.29, 1.82) is 0 Å². The van der Waals surface area contributed by atoms with E-state index >= 15 is 0 Å². The molecule has 2 rings (SSSR count). The topological polar surface area (TPSA) is 3.24 Å². The molecule has 0 amide bonds. The Labute approximate surface area is 88.9 Å². The average molecular weight is 195 g/mol. The van der Waals surface area contributed by atoms with Gasteiger partial charge in [0.1, 0.15) is 0 Å². The molecule has 14 heavy (non-hydrogen) atoms. The predicted octanol–water partition coefficient (Wildman–Crippen LogP) is 3.01. The fourth-order valence-electron chi connectivity index (χ4n) is 3.45. The van der Waals surface area contributed by atoms with Gasteiger partial charge in [0.25, 0.3) is 0 Å². The molecule has 82 valence electrons. The summed E-state index contributed by atoms with van der Waals surface area (Å²) in [6.45, 7) is 9.96. The molecule has 0 bridgehead atoms. The Balaban J connectivity index is 1.98. The molecule has 0 N–H and O–H groups in total. The lowest BCUT2D eigenvalue weighted by Crippen LogP contribution is -2.31. The third-order valence-electron chi connectivity index (χ3n) is 4.46. The van der Waals surface area contributed by atoms with Crippen LogP contribution in [0.1, 0.15) is 40.0 Å². The first-order valence-corrected chi connectivity index (χ1v) is 6.15. The van der Waals surface area contributed by atoms with Crippen LogP contribution in [-0.4, -0.2) is 25.0 Å². The van der Waals surface area contributed by atoms with Gasteiger partial charge in [-0.25, -0.2) is 0 Å². The van der Waals surface area contributed by atoms with E-state index < -0.39 is 0 Å². The van der Waals surface area contributed by atoms with Crippen LogP contribution in [0.4, 0.5) is 0 Å². The lowest BCUT2D eigenvalue weighted by Gasteiger charge is -2.39. The fourth-order valence-corrected chi connectivity index (χ4v) is 3.45. The summed E-state index contributed by atoms with van der Waals surface area (Å²) in [7, 11) is 2.28. The van der Waals surface area contributed by atoms with Gasteiger partial charge in [0.05, 0.1) is 0 Å². The van der Waals surface area contributed by atoms with Crippen LogP contribution in [0.2, 0.25) is 0 Å². The van der Waals surface area contributed by atoms with E-state index in [-0.39, 0.29) is 0 Å². The summed E-state index contributed by atoms with van der Waals surface area (Å²) in [5.41, 5.74) is 0.534. The summed E-state index contributed by atoms with van der Waals surface area (Å²) < 4.78 is 0. The number of fused-ring (bicyclic) bond motifs is 1. The Morgan fingerprint density at radius 2 is 1.64 bits per heavy atom. The maximum absolute atomic E-state index is 2.53. The maximum atomic E-state index is 2.53. The molecule has 1 aliphatic heterocycles. The van der Waals surface area contributed by atoms with Crippen molar-refractivity contribution < 1.29 is 0 Å². The lowest BCUT2D eigenvalue weighted by atomic mass is 9.66. The van der Waals surface area contributed by atoms with Gasteiger partial charge in [-0.3, -0.25) is 0 Å². The van der Waals surface area contributed by atoms with Crippen LogP contribution in [0.5, 0.6) is 0 Å². The minimum Gasteiger partial charge on any atom is -0.306 e. The summed E-state index contributed by atoms with van der Waals surface area (Å²) >= 11 is 0. The van der Waals surface area contributed by atoms with E-state index in [4.69, 9.17) is 0 Å². The summed E-state index contributed by atoms with van der Waals surface area (Å²) in [6.07, 6.45) is 4.44. The zero-order valence-corrected chi connectivity index (χ0v) is 10.2. The second-order valence-corrected chi connectivity index (χ2v) is 6.62. The van der Waals surface area contributed by atoms with E-state index in [0.717, 1.165) is 17.8 Å². The van der Waals surface area contributed by atoms with Gasteiger partial charge < -0.3 is 4.90 Å². The second kappa shape index (κ2) is 3.52. The van der Waals surface area contributed by atoms with Gasteiger partial charge in [-0.05, 0) is 49.5 Å². The van der Waals surface area contributed by atoms with Crippen molar-refractivity contribution in [3.63, 3.8) is 0 Å². The van der Waals surface area contributed by atoms with Crippen LogP contribution in [0.3, 0.4) is 0 Å². The number of nitrogens with zero attached hydrogens (tertiary/aromatic N) is 1. The van der Waals surface area contributed by atoms with Crippen LogP contribution < -0.4 is 0 Å². The number of rotatable bonds is 0. The van der Waals surface area contributed by atoms with E-state index in [0.29, 0.717) is 5.41 Å². The number of likely N-dealkylation sites (tertiary alicyclic amines) is 1. The molecule has 0 aromatic heterocycles. The molecule has 1 nitrogen and oxygen atoms in total. The Bertz CT molecular complexity index is 204. The van der Waals surface area contributed by atoms with Crippen LogP contribution in [0, 0.1) is 23.2 Å². The number of hydrogen-bond donors (Lipinski definition) is 0. The van der Waals surface area contributed by atoms with E-state index in [1.165, 1.54) is 32.4 Å². The summed E-state index contributed by atoms with van der Waals surface area (Å²) in [6, 6.07) is 0. The molecule has 0 spiro atoms. The fraction of sp³-hybridized carbons (Fsp3) is 1.00. The molecular formula is C13H25N. The third kappa shape index (κ3) is 1.98. The molecule has 1 saturated heterocycles. The van der Waals surface area contributed by atoms with Gasteiger partial charge in [0, 0.05) is 13.1 Å². The van der Waals surface area contributed by atoms with Gasteiger partial charge in [-0.2, -0.15) is 0 Å². The summed E-state index contributed by atoms with van der Waals surface area (Å²) in [5, 5.41) is 0. The van der Waals surface area contributed by atoms with Crippen molar-refractivity contribution in [2.45, 2.75) is 40.0 Å². The highest BCUT2D eigenvalue weighted by Gasteiger charge is 2.39. The van der Waals surface area contributed by atoms with Crippen molar-refractivity contribution in [1.82, 2.24) is 4.90 Å². The first-order valence-electron chi connectivity index (χ1n) is 6.15. The van der Waals surface area contributed by atoms with Crippen molar-refractivity contribution in [3.8, 4) is 0 Å². The van der Waals surface area contributed by atoms with Gasteiger partial charge >= 0.3 is 0 Å². The van der Waals surface area contributed by atoms with Crippen LogP contribution in [0.15, 0.2) is 0 Å². The predicted molar refractivity (Wildman–Crippen MR) is 61.3 cm³/mol. The Morgan fingerprint density at radius 1 is 1.00 bits per heavy atom. The molecule has 2 aliphatic rings. The quantitative estimate of drug-likeness (QED) is 0.574. The van der Waals surface area contributed by atoms with Crippen LogP contribution >= 0.6 is 0 Å². The van der Waals surface area contributed by atoms with Crippen molar-refractivity contribution in [3.05, 3.63) is 0 Å². The van der Waals surface area contributed by atoms with Crippen molar-refractivity contribution >= 4 is 0 Å². The van der Waals surface area contributed by atoms with Crippen molar-refractivity contribution in [2.75, 3.05) is 20.1 Å². The van der Waals surface area contributed by atoms with E-state index in [9.17, 15) is 0 Å². The molecule has 1 heteroatoms. The molecule has 1 heterocycles. The highest BCUT2D eigenvalue weighted by atomic mass is 15.1. The van der Waals surface area contributed by atoms with E-state index in [1.807, 2.05) is 0 Å². The Hall–Kier alpha value is -0.0400. The summed E-state index contributed by atoms with van der Waals surface area (Å²) in [5.74, 6) is 3.01. The monoisotopic (exact) mass is 195 g/mol. The zero-order valence-electron chi connectivity index (χ0n) is 10.2. The van der Waals surface area contributed by atoms with Gasteiger partial charge in [0.2, 0.25) is 0 Å². The van der Waals surface area contributed by atoms with E-state index in [1.54, 1.807) is 0 Å². The minimum absolute atomic E-state index is 0.534. The molecule has 1 saturated carbocycles. The van der Waals surface area contributed by atoms with E-state index in [2.05, 4.69) is 32.7 Å². The molecule has 3 atom stereocenters. The lowest BCUT2D eigenvalue weighted by molar-refractivity contribution is 0.122. The Kier molecular flexibility index (Phi) is 2.63. The zero-order chi connectivity index (χ0) is 10.3. The van der Waals surface area contributed by atoms with Crippen LogP contribution in [0.25, 0.3) is 0 Å². The number of hydrogen-bond acceptors (Lipinski definition) is 1. The first-order chi connectivity index (χ1) is 6.47. The highest BCUT2D eigenvalue weighted by Crippen LogP contribution is 2.45. The standard InChI is InChI=1S/C13H25N/c1-13(2,3)12-6-5-10-8-14(4)9-11(10)7-12/h10-12H,5-9H2,1-4H3. The normalized spacial score (nSPS) is 39.9.